The molecule has 7 N–H and O–H groups in total. The molecule has 0 radical (unpaired) electrons. The topological polar surface area (TPSA) is 266 Å². The van der Waals surface area contributed by atoms with Crippen molar-refractivity contribution in [2.75, 3.05) is 25.2 Å². The van der Waals surface area contributed by atoms with Gasteiger partial charge in [-0.3, -0.25) is 38.9 Å². The van der Waals surface area contributed by atoms with Crippen LogP contribution in [0, 0.1) is 5.92 Å². The van der Waals surface area contributed by atoms with Gasteiger partial charge in [0.1, 0.15) is 43.4 Å². The van der Waals surface area contributed by atoms with Crippen LogP contribution < -0.4 is 21.3 Å². The van der Waals surface area contributed by atoms with Gasteiger partial charge in [0.05, 0.1) is 25.7 Å². The number of anilines is 1. The first-order chi connectivity index (χ1) is 19.9. The second-order valence-electron chi connectivity index (χ2n) is 10.5. The zero-order chi connectivity index (χ0) is 29.8. The van der Waals surface area contributed by atoms with E-state index in [4.69, 9.17) is 28.6 Å². The molecule has 2 bridgehead atoms. The highest BCUT2D eigenvalue weighted by Crippen LogP contribution is 2.53. The van der Waals surface area contributed by atoms with Crippen molar-refractivity contribution in [3.8, 4) is 0 Å². The highest BCUT2D eigenvalue weighted by Gasteiger charge is 2.55. The van der Waals surface area contributed by atoms with Crippen LogP contribution in [0.2, 0.25) is 0 Å². The number of aliphatic hydroxyl groups excluding tert-OH is 1. The van der Waals surface area contributed by atoms with E-state index < -0.39 is 89.8 Å². The Kier molecular flexibility index (Phi) is 8.09. The van der Waals surface area contributed by atoms with Gasteiger partial charge in [-0.2, -0.15) is 0 Å². The maximum atomic E-state index is 13.2. The molecule has 0 spiro atoms. The molecular formula is C20H31N9O11P2. The van der Waals surface area contributed by atoms with Crippen molar-refractivity contribution in [1.82, 2.24) is 30.5 Å². The van der Waals surface area contributed by atoms with Crippen LogP contribution in [0.25, 0.3) is 0 Å². The zero-order valence-corrected chi connectivity index (χ0v) is 23.9. The molecule has 12 atom stereocenters. The van der Waals surface area contributed by atoms with Gasteiger partial charge in [0.25, 0.3) is 5.91 Å². The molecule has 42 heavy (non-hydrogen) atoms. The number of fused-ring (bicyclic) bond motifs is 4. The van der Waals surface area contributed by atoms with E-state index in [1.165, 1.54) is 23.9 Å². The van der Waals surface area contributed by atoms with Crippen molar-refractivity contribution < 1.29 is 51.6 Å². The molecule has 1 aromatic heterocycles. The van der Waals surface area contributed by atoms with Gasteiger partial charge in [0, 0.05) is 19.0 Å². The number of nitrogens with zero attached hydrogens (tertiary/aromatic N) is 6. The summed E-state index contributed by atoms with van der Waals surface area (Å²) in [4.78, 5) is 52.9. The first-order valence-corrected chi connectivity index (χ1v) is 16.0. The van der Waals surface area contributed by atoms with Gasteiger partial charge in [-0.1, -0.05) is 0 Å². The molecule has 1 amide bonds. The van der Waals surface area contributed by atoms with Crippen LogP contribution in [0.1, 0.15) is 12.8 Å². The molecule has 4 aliphatic heterocycles. The number of aliphatic imine (C=N–C) groups is 1. The molecule has 1 aliphatic carbocycles. The average molecular weight is 635 g/mol. The molecule has 4 fully saturated rings. The predicted octanol–water partition coefficient (Wildman–Crippen LogP) is -2.81. The van der Waals surface area contributed by atoms with Crippen LogP contribution in [0.5, 0.6) is 0 Å². The number of ether oxygens (including phenoxy) is 1. The Morgan fingerprint density at radius 1 is 1.10 bits per heavy atom. The quantitative estimate of drug-likeness (QED) is 0.183. The number of aliphatic hydroxyl groups is 1. The van der Waals surface area contributed by atoms with Gasteiger partial charge >= 0.3 is 15.6 Å². The number of amides is 1. The number of rotatable bonds is 3. The van der Waals surface area contributed by atoms with Crippen molar-refractivity contribution in [2.24, 2.45) is 16.6 Å². The minimum atomic E-state index is -4.87. The Bertz CT molecular complexity index is 1300. The summed E-state index contributed by atoms with van der Waals surface area (Å²) in [5.74, 6) is -0.750. The first kappa shape index (κ1) is 29.9. The van der Waals surface area contributed by atoms with Crippen LogP contribution in [0.15, 0.2) is 17.6 Å². The lowest BCUT2D eigenvalue weighted by Crippen LogP contribution is -2.70. The van der Waals surface area contributed by atoms with Gasteiger partial charge in [0.15, 0.2) is 12.3 Å². The molecule has 232 valence electrons. The normalized spacial score (nSPS) is 45.7. The summed E-state index contributed by atoms with van der Waals surface area (Å²) in [6.45, 7) is -1.04. The van der Waals surface area contributed by atoms with E-state index in [1.807, 2.05) is 0 Å². The number of phosphoric acid groups is 2. The fourth-order valence-electron chi connectivity index (χ4n) is 5.75. The van der Waals surface area contributed by atoms with E-state index in [1.54, 1.807) is 11.9 Å². The molecule has 5 heterocycles. The fraction of sp³-hybridized carbons (Fsp3) is 0.750. The summed E-state index contributed by atoms with van der Waals surface area (Å²) in [7, 11) is -7.86. The number of nitrogens with two attached hydrogens (primary N) is 1. The third-order valence-corrected chi connectivity index (χ3v) is 9.83. The van der Waals surface area contributed by atoms with Gasteiger partial charge in [-0.15, -0.1) is 0 Å². The third-order valence-electron chi connectivity index (χ3n) is 7.83. The van der Waals surface area contributed by atoms with Gasteiger partial charge in [0.2, 0.25) is 5.95 Å². The molecule has 20 nitrogen and oxygen atoms in total. The second kappa shape index (κ2) is 11.4. The van der Waals surface area contributed by atoms with Crippen molar-refractivity contribution in [3.05, 3.63) is 12.7 Å². The zero-order valence-electron chi connectivity index (χ0n) is 22.1. The van der Waals surface area contributed by atoms with Gasteiger partial charge in [-0.05, 0) is 12.8 Å². The number of nitrogens with one attached hydrogen (secondary N) is 2. The van der Waals surface area contributed by atoms with Crippen molar-refractivity contribution in [1.29, 1.82) is 0 Å². The summed E-state index contributed by atoms with van der Waals surface area (Å²) < 4.78 is 53.5. The summed E-state index contributed by atoms with van der Waals surface area (Å²) >= 11 is 0. The Labute approximate surface area is 238 Å². The molecule has 0 aromatic carbocycles. The Balaban J connectivity index is 1.23. The molecule has 5 unspecified atom stereocenters. The molecule has 5 aliphatic rings. The van der Waals surface area contributed by atoms with Crippen molar-refractivity contribution in [2.45, 2.75) is 68.0 Å². The van der Waals surface area contributed by atoms with Gasteiger partial charge in [-0.25, -0.2) is 24.1 Å². The smallest absolute Gasteiger partial charge is 0.387 e. The maximum absolute atomic E-state index is 13.2. The lowest BCUT2D eigenvalue weighted by Gasteiger charge is -2.39. The summed E-state index contributed by atoms with van der Waals surface area (Å²) in [6.07, 6.45) is -4.03. The molecule has 22 heteroatoms. The van der Waals surface area contributed by atoms with Crippen LogP contribution in [0.3, 0.4) is 0 Å². The van der Waals surface area contributed by atoms with E-state index in [0.29, 0.717) is 12.4 Å². The number of aromatic nitrogens is 3. The van der Waals surface area contributed by atoms with Gasteiger partial charge < -0.3 is 34.7 Å². The number of hydrogen-bond acceptors (Lipinski definition) is 17. The summed E-state index contributed by atoms with van der Waals surface area (Å²) in [6, 6.07) is -1.23. The lowest BCUT2D eigenvalue weighted by molar-refractivity contribution is -0.130. The largest absolute Gasteiger partial charge is 0.472 e. The first-order valence-electron chi connectivity index (χ1n) is 13.0. The van der Waals surface area contributed by atoms with Crippen LogP contribution in [-0.2, 0) is 36.8 Å². The van der Waals surface area contributed by atoms with E-state index in [9.17, 15) is 28.8 Å². The van der Waals surface area contributed by atoms with Crippen LogP contribution in [-0.4, -0.2) is 122 Å². The molecule has 1 aromatic rings. The van der Waals surface area contributed by atoms with E-state index in [2.05, 4.69) is 30.6 Å². The SMILES string of the molecule is CN(c1ncncn1)[C@@H]1C[C@@H]2COP(=O)(O)O[C@@H]3[C@H](O)[C@@H](COP(=O)(O)O[C@H]2C1)O[C@H]3N1C=NC2C(=O)NC(N)NC21. The highest BCUT2D eigenvalue weighted by molar-refractivity contribution is 7.47. The second-order valence-corrected chi connectivity index (χ2v) is 13.3. The minimum Gasteiger partial charge on any atom is -0.387 e. The maximum Gasteiger partial charge on any atom is 0.472 e. The predicted molar refractivity (Wildman–Crippen MR) is 138 cm³/mol. The number of carbonyl (C=O) groups is 1. The number of carbonyl (C=O) groups excluding carboxylic acids is 1. The Morgan fingerprint density at radius 3 is 2.57 bits per heavy atom. The van der Waals surface area contributed by atoms with E-state index in [-0.39, 0.29) is 12.5 Å². The van der Waals surface area contributed by atoms with Crippen LogP contribution in [0.4, 0.5) is 5.95 Å². The third kappa shape index (κ3) is 5.95. The average Bonchev–Trinajstić information content (AvgIpc) is 3.62. The summed E-state index contributed by atoms with van der Waals surface area (Å²) in [5, 5.41) is 16.4. The molecular weight excluding hydrogens is 604 g/mol. The van der Waals surface area contributed by atoms with Crippen LogP contribution >= 0.6 is 15.6 Å². The fourth-order valence-corrected chi connectivity index (χ4v) is 7.73. The number of phosphoric ester groups is 2. The monoisotopic (exact) mass is 635 g/mol. The molecule has 6 rings (SSSR count). The van der Waals surface area contributed by atoms with Crippen molar-refractivity contribution in [3.63, 3.8) is 0 Å². The van der Waals surface area contributed by atoms with E-state index >= 15 is 0 Å². The molecule has 3 saturated heterocycles. The Hall–Kier alpha value is -2.19. The highest BCUT2D eigenvalue weighted by atomic mass is 31.2. The Morgan fingerprint density at radius 2 is 1.81 bits per heavy atom. The number of hydrogen-bond donors (Lipinski definition) is 6. The minimum absolute atomic E-state index is 0.216. The van der Waals surface area contributed by atoms with Crippen molar-refractivity contribution >= 4 is 33.8 Å². The van der Waals surface area contributed by atoms with E-state index in [0.717, 1.165) is 0 Å². The summed E-state index contributed by atoms with van der Waals surface area (Å²) in [5.41, 5.74) is 5.84. The lowest BCUT2D eigenvalue weighted by atomic mass is 10.1. The molecule has 1 saturated carbocycles. The standard InChI is InChI=1S/C20H31N9O11P2/c1-28(20-23-6-22-7-24-20)10-2-9-4-36-42(34,35)40-15-14(30)12(5-37-41(32,33)39-11(9)3-10)38-18(15)29-8-25-13-16(29)26-19(21)27-17(13)31/h6-16,18-19,26,30H,2-5,21H2,1H3,(H,27,31)(H,32,33)(H,34,35)/t9-,10-,11+,12-,13?,14-,15-,16?,18-,19?/m1/s1.